The molecule has 0 spiro atoms. The molecule has 0 heterocycles. The van der Waals surface area contributed by atoms with Crippen LogP contribution in [0.25, 0.3) is 0 Å². The molecule has 46 heavy (non-hydrogen) atoms. The Morgan fingerprint density at radius 3 is 1.91 bits per heavy atom. The van der Waals surface area contributed by atoms with E-state index < -0.39 is 34.1 Å². The van der Waals surface area contributed by atoms with E-state index in [9.17, 15) is 23.1 Å². The minimum absolute atomic E-state index is 0.125. The molecule has 11 heteroatoms. The van der Waals surface area contributed by atoms with Crippen LogP contribution in [0.1, 0.15) is 63.5 Å². The molecule has 0 aromatic heterocycles. The number of carbonyl (C=O) groups excluding carboxylic acids is 2. The van der Waals surface area contributed by atoms with Crippen molar-refractivity contribution in [1.29, 1.82) is 0 Å². The van der Waals surface area contributed by atoms with Crippen molar-refractivity contribution >= 4 is 27.7 Å². The lowest BCUT2D eigenvalue weighted by Gasteiger charge is -2.31. The summed E-state index contributed by atoms with van der Waals surface area (Å²) < 4.78 is 33.6. The van der Waals surface area contributed by atoms with E-state index in [1.54, 1.807) is 12.1 Å². The molecule has 10 nitrogen and oxygen atoms in total. The van der Waals surface area contributed by atoms with E-state index in [2.05, 4.69) is 10.6 Å². The normalized spacial score (nSPS) is 13.7. The van der Waals surface area contributed by atoms with Gasteiger partial charge in [0.15, 0.2) is 0 Å². The van der Waals surface area contributed by atoms with E-state index in [1.807, 2.05) is 81.4 Å². The average Bonchev–Trinajstić information content (AvgIpc) is 3.04. The van der Waals surface area contributed by atoms with Gasteiger partial charge in [-0.05, 0) is 73.9 Å². The van der Waals surface area contributed by atoms with Crippen LogP contribution in [0.4, 0.5) is 10.5 Å². The topological polar surface area (TPSA) is 151 Å². The summed E-state index contributed by atoms with van der Waals surface area (Å²) in [5.74, 6) is -0.597. The molecule has 0 aliphatic carbocycles. The highest BCUT2D eigenvalue weighted by molar-refractivity contribution is 7.89. The number of aliphatic hydroxyl groups is 1. The smallest absolute Gasteiger partial charge is 0.407 e. The Balaban J connectivity index is 1.75. The number of sulfonamides is 1. The molecule has 3 rings (SSSR count). The fourth-order valence-electron chi connectivity index (χ4n) is 5.43. The van der Waals surface area contributed by atoms with Crippen LogP contribution < -0.4 is 16.4 Å². The second-order valence-corrected chi connectivity index (χ2v) is 13.8. The summed E-state index contributed by atoms with van der Waals surface area (Å²) in [6.07, 6.45) is 1.37. The Morgan fingerprint density at radius 2 is 1.41 bits per heavy atom. The molecule has 5 N–H and O–H groups in total. The van der Waals surface area contributed by atoms with Crippen molar-refractivity contribution in [3.63, 3.8) is 0 Å². The van der Waals surface area contributed by atoms with Gasteiger partial charge in [-0.3, -0.25) is 4.79 Å². The number of amides is 2. The van der Waals surface area contributed by atoms with Crippen molar-refractivity contribution < 1.29 is 27.9 Å². The minimum atomic E-state index is -3.89. The number of ether oxygens (including phenoxy) is 1. The third-order valence-corrected chi connectivity index (χ3v) is 9.95. The Morgan fingerprint density at radius 1 is 0.848 bits per heavy atom. The molecule has 3 atom stereocenters. The summed E-state index contributed by atoms with van der Waals surface area (Å²) in [6.45, 7) is 5.84. The van der Waals surface area contributed by atoms with Crippen molar-refractivity contribution in [1.82, 2.24) is 14.9 Å². The molecular formula is C35H48N4O6S. The lowest BCUT2D eigenvalue weighted by molar-refractivity contribution is -0.124. The van der Waals surface area contributed by atoms with E-state index in [4.69, 9.17) is 10.5 Å². The first kappa shape index (κ1) is 36.5. The molecule has 0 unspecified atom stereocenters. The van der Waals surface area contributed by atoms with Crippen molar-refractivity contribution in [2.24, 2.45) is 5.92 Å². The molecule has 0 aliphatic rings. The number of nitrogens with one attached hydrogen (secondary N) is 2. The summed E-state index contributed by atoms with van der Waals surface area (Å²) in [7, 11) is -2.63. The number of anilines is 1. The van der Waals surface area contributed by atoms with Crippen LogP contribution in [0.2, 0.25) is 0 Å². The molecule has 0 fully saturated rings. The number of benzene rings is 3. The van der Waals surface area contributed by atoms with E-state index in [-0.39, 0.29) is 35.9 Å². The number of methoxy groups -OCH3 is 1. The maximum atomic E-state index is 13.8. The van der Waals surface area contributed by atoms with Crippen LogP contribution in [0.3, 0.4) is 0 Å². The average molecular weight is 653 g/mol. The van der Waals surface area contributed by atoms with Gasteiger partial charge in [0.1, 0.15) is 6.04 Å². The van der Waals surface area contributed by atoms with Gasteiger partial charge in [0, 0.05) is 30.2 Å². The Labute approximate surface area is 273 Å². The molecular weight excluding hydrogens is 604 g/mol. The highest BCUT2D eigenvalue weighted by Gasteiger charge is 2.34. The summed E-state index contributed by atoms with van der Waals surface area (Å²) in [5, 5.41) is 16.1. The van der Waals surface area contributed by atoms with Crippen LogP contribution in [0.5, 0.6) is 0 Å². The van der Waals surface area contributed by atoms with E-state index in [0.29, 0.717) is 31.4 Å². The highest BCUT2D eigenvalue weighted by Crippen LogP contribution is 2.29. The SMILES string of the molecule is COC(=O)N[C@H](C(=O)N[C@H](C)CCC[C@@H](CO)N(CCC(C)C)S(=O)(=O)c1ccc(N)cc1)C(c1ccccc1)c1ccccc1. The number of hydrogen-bond acceptors (Lipinski definition) is 7. The first-order chi connectivity index (χ1) is 22.0. The lowest BCUT2D eigenvalue weighted by Crippen LogP contribution is -2.52. The van der Waals surface area contributed by atoms with E-state index >= 15 is 0 Å². The highest BCUT2D eigenvalue weighted by atomic mass is 32.2. The number of nitrogens with zero attached hydrogens (tertiary/aromatic N) is 1. The molecule has 0 bridgehead atoms. The van der Waals surface area contributed by atoms with Crippen molar-refractivity contribution in [3.8, 4) is 0 Å². The summed E-state index contributed by atoms with van der Waals surface area (Å²) in [4.78, 5) is 26.3. The maximum Gasteiger partial charge on any atom is 0.407 e. The molecule has 0 radical (unpaired) electrons. The zero-order chi connectivity index (χ0) is 33.7. The predicted octanol–water partition coefficient (Wildman–Crippen LogP) is 4.90. The van der Waals surface area contributed by atoms with Crippen LogP contribution in [0, 0.1) is 5.92 Å². The zero-order valence-corrected chi connectivity index (χ0v) is 28.0. The van der Waals surface area contributed by atoms with Gasteiger partial charge in [0.05, 0.1) is 18.6 Å². The van der Waals surface area contributed by atoms with Gasteiger partial charge < -0.3 is 26.2 Å². The summed E-state index contributed by atoms with van der Waals surface area (Å²) >= 11 is 0. The van der Waals surface area contributed by atoms with Crippen molar-refractivity contribution in [2.45, 2.75) is 75.4 Å². The molecule has 0 saturated carbocycles. The van der Waals surface area contributed by atoms with Crippen LogP contribution >= 0.6 is 0 Å². The molecule has 3 aromatic carbocycles. The quantitative estimate of drug-likeness (QED) is 0.152. The Bertz CT molecular complexity index is 1430. The second-order valence-electron chi connectivity index (χ2n) is 12.0. The third kappa shape index (κ3) is 10.3. The maximum absolute atomic E-state index is 13.8. The molecule has 0 aliphatic heterocycles. The van der Waals surface area contributed by atoms with E-state index in [1.165, 1.54) is 23.5 Å². The fraction of sp³-hybridized carbons (Fsp3) is 0.429. The number of hydrogen-bond donors (Lipinski definition) is 4. The van der Waals surface area contributed by atoms with Gasteiger partial charge in [0.2, 0.25) is 15.9 Å². The van der Waals surface area contributed by atoms with Gasteiger partial charge in [0.25, 0.3) is 0 Å². The molecule has 2 amide bonds. The van der Waals surface area contributed by atoms with E-state index in [0.717, 1.165) is 11.1 Å². The number of rotatable bonds is 17. The van der Waals surface area contributed by atoms with Gasteiger partial charge in [-0.15, -0.1) is 0 Å². The van der Waals surface area contributed by atoms with Crippen LogP contribution in [-0.4, -0.2) is 68.2 Å². The number of nitrogens with two attached hydrogens (primary N) is 1. The second kappa shape index (κ2) is 17.7. The minimum Gasteiger partial charge on any atom is -0.453 e. The first-order valence-electron chi connectivity index (χ1n) is 15.7. The number of aliphatic hydroxyl groups excluding tert-OH is 1. The summed E-state index contributed by atoms with van der Waals surface area (Å²) in [5.41, 5.74) is 7.95. The number of alkyl carbamates (subject to hydrolysis) is 1. The van der Waals surface area contributed by atoms with Crippen LogP contribution in [0.15, 0.2) is 89.8 Å². The number of nitrogen functional groups attached to an aromatic ring is 1. The largest absolute Gasteiger partial charge is 0.453 e. The Kier molecular flexibility index (Phi) is 14.0. The monoisotopic (exact) mass is 652 g/mol. The predicted molar refractivity (Wildman–Crippen MR) is 181 cm³/mol. The molecule has 250 valence electrons. The van der Waals surface area contributed by atoms with Crippen molar-refractivity contribution in [3.05, 3.63) is 96.1 Å². The fourth-order valence-corrected chi connectivity index (χ4v) is 7.10. The molecule has 3 aromatic rings. The summed E-state index contributed by atoms with van der Waals surface area (Å²) in [6, 6.07) is 23.1. The standard InChI is InChI=1S/C35H48N4O6S/c1-25(2)22-23-39(46(43,44)31-20-18-29(36)19-21-31)30(24-40)17-11-12-26(3)37-34(41)33(38-35(42)45-4)32(27-13-7-5-8-14-27)28-15-9-6-10-16-28/h5-10,13-16,18-21,25-26,30,32-33,40H,11-12,17,22-24,36H2,1-4H3,(H,37,41)(H,38,42)/t26-,30+,33+/m1/s1. The third-order valence-electron chi connectivity index (χ3n) is 7.99. The zero-order valence-electron chi connectivity index (χ0n) is 27.1. The van der Waals surface area contributed by atoms with Gasteiger partial charge in [-0.1, -0.05) is 74.5 Å². The van der Waals surface area contributed by atoms with Gasteiger partial charge >= 0.3 is 6.09 Å². The number of carbonyl (C=O) groups is 2. The lowest BCUT2D eigenvalue weighted by atomic mass is 9.84. The first-order valence-corrected chi connectivity index (χ1v) is 17.1. The van der Waals surface area contributed by atoms with Gasteiger partial charge in [-0.2, -0.15) is 4.31 Å². The van der Waals surface area contributed by atoms with Gasteiger partial charge in [-0.25, -0.2) is 13.2 Å². The Hall–Kier alpha value is -3.93. The molecule has 0 saturated heterocycles. The van der Waals surface area contributed by atoms with Crippen molar-refractivity contribution in [2.75, 3.05) is 26.0 Å². The van der Waals surface area contributed by atoms with Crippen LogP contribution in [-0.2, 0) is 19.6 Å².